The molecule has 6 heteroatoms. The largest absolute Gasteiger partial charge is 0.370 e. The van der Waals surface area contributed by atoms with E-state index in [4.69, 9.17) is 10.7 Å². The third-order valence-corrected chi connectivity index (χ3v) is 7.94. The second-order valence-corrected chi connectivity index (χ2v) is 9.79. The predicted octanol–water partition coefficient (Wildman–Crippen LogP) is 4.41. The zero-order valence-electron chi connectivity index (χ0n) is 16.1. The number of allylic oxidation sites excluding steroid dienone is 2. The first-order valence-corrected chi connectivity index (χ1v) is 11.4. The average molecular weight is 423 g/mol. The average Bonchev–Trinajstić information content (AvgIpc) is 3.29. The minimum atomic E-state index is -0.376. The number of benzene rings is 2. The summed E-state index contributed by atoms with van der Waals surface area (Å²) in [5, 5.41) is -0.340. The summed E-state index contributed by atoms with van der Waals surface area (Å²) < 4.78 is 0.845. The van der Waals surface area contributed by atoms with E-state index in [9.17, 15) is 9.59 Å². The van der Waals surface area contributed by atoms with Gasteiger partial charge < -0.3 is 5.73 Å². The maximum absolute atomic E-state index is 13.6. The van der Waals surface area contributed by atoms with E-state index in [2.05, 4.69) is 6.07 Å². The first-order valence-electron chi connectivity index (χ1n) is 9.60. The second-order valence-electron chi connectivity index (χ2n) is 7.21. The van der Waals surface area contributed by atoms with Crippen molar-refractivity contribution >= 4 is 45.2 Å². The fraction of sp³-hybridized carbons (Fsp3) is 0.261. The van der Waals surface area contributed by atoms with Gasteiger partial charge in [0.15, 0.2) is 5.78 Å². The van der Waals surface area contributed by atoms with Crippen molar-refractivity contribution in [1.82, 2.24) is 0 Å². The molecule has 2 aliphatic rings. The quantitative estimate of drug-likeness (QED) is 0.749. The molecule has 0 radical (unpaired) electrons. The van der Waals surface area contributed by atoms with Crippen LogP contribution in [-0.2, 0) is 16.0 Å². The van der Waals surface area contributed by atoms with Crippen LogP contribution in [0, 0.1) is 0 Å². The molecule has 0 fully saturated rings. The van der Waals surface area contributed by atoms with E-state index in [1.807, 2.05) is 61.5 Å². The summed E-state index contributed by atoms with van der Waals surface area (Å²) in [6.07, 6.45) is 3.12. The molecule has 1 heterocycles. The van der Waals surface area contributed by atoms with Crippen LogP contribution in [0.25, 0.3) is 5.57 Å². The molecule has 29 heavy (non-hydrogen) atoms. The molecule has 1 aliphatic carbocycles. The van der Waals surface area contributed by atoms with Crippen molar-refractivity contribution in [1.29, 1.82) is 0 Å². The summed E-state index contributed by atoms with van der Waals surface area (Å²) in [5.74, 6) is -0.223. The van der Waals surface area contributed by atoms with E-state index in [0.29, 0.717) is 6.42 Å². The van der Waals surface area contributed by atoms with Crippen LogP contribution in [0.1, 0.15) is 35.3 Å². The fourth-order valence-electron chi connectivity index (χ4n) is 3.64. The third kappa shape index (κ3) is 4.33. The summed E-state index contributed by atoms with van der Waals surface area (Å²) in [4.78, 5) is 29.7. The molecule has 0 bridgehead atoms. The van der Waals surface area contributed by atoms with Crippen molar-refractivity contribution in [3.05, 3.63) is 77.4 Å². The molecule has 0 saturated heterocycles. The van der Waals surface area contributed by atoms with E-state index in [-0.39, 0.29) is 28.2 Å². The number of thioether (sulfide) groups is 2. The fourth-order valence-corrected chi connectivity index (χ4v) is 6.46. The van der Waals surface area contributed by atoms with Crippen LogP contribution in [0.5, 0.6) is 0 Å². The molecule has 3 unspecified atom stereocenters. The highest BCUT2D eigenvalue weighted by atomic mass is 32.2. The van der Waals surface area contributed by atoms with Crippen LogP contribution in [0.3, 0.4) is 0 Å². The Hall–Kier alpha value is -2.31. The summed E-state index contributed by atoms with van der Waals surface area (Å²) in [6, 6.07) is 17.9. The summed E-state index contributed by atoms with van der Waals surface area (Å²) >= 11 is 3.04. The van der Waals surface area contributed by atoms with Gasteiger partial charge in [-0.3, -0.25) is 14.6 Å². The molecule has 1 amide bonds. The highest BCUT2D eigenvalue weighted by Gasteiger charge is 2.34. The monoisotopic (exact) mass is 422 g/mol. The van der Waals surface area contributed by atoms with Gasteiger partial charge in [-0.15, -0.1) is 0 Å². The molecule has 4 rings (SSSR count). The third-order valence-electron chi connectivity index (χ3n) is 5.16. The number of fused-ring (bicyclic) bond motifs is 1. The molecule has 0 saturated carbocycles. The van der Waals surface area contributed by atoms with Crippen molar-refractivity contribution in [3.63, 3.8) is 0 Å². The first-order chi connectivity index (χ1) is 14.0. The van der Waals surface area contributed by atoms with Crippen molar-refractivity contribution in [3.8, 4) is 0 Å². The second kappa shape index (κ2) is 8.59. The van der Waals surface area contributed by atoms with Crippen LogP contribution in [-0.4, -0.2) is 27.4 Å². The van der Waals surface area contributed by atoms with Crippen molar-refractivity contribution in [2.45, 2.75) is 36.3 Å². The van der Waals surface area contributed by atoms with Crippen molar-refractivity contribution in [2.24, 2.45) is 10.7 Å². The number of nitrogens with zero attached hydrogens (tertiary/aromatic N) is 1. The Morgan fingerprint density at radius 3 is 2.66 bits per heavy atom. The number of carbonyl (C=O) groups excluding carboxylic acids is 2. The molecule has 1 aliphatic heterocycles. The van der Waals surface area contributed by atoms with Gasteiger partial charge >= 0.3 is 0 Å². The smallest absolute Gasteiger partial charge is 0.218 e. The number of amides is 1. The standard InChI is InChI=1S/C23H22N2O2S2/c1-14-19(13-20(24)26)28-23(25-14)29-22(16-8-3-2-4-9-16)21(27)18-12-11-15-7-5-6-10-17(15)18/h2-10,12,14,19,22H,11,13H2,1H3,(H2,24,26). The number of aliphatic imine (C=N–C) groups is 1. The number of rotatable bonds is 6. The Morgan fingerprint density at radius 1 is 1.17 bits per heavy atom. The zero-order chi connectivity index (χ0) is 20.4. The van der Waals surface area contributed by atoms with Gasteiger partial charge in [-0.05, 0) is 30.0 Å². The lowest BCUT2D eigenvalue weighted by Gasteiger charge is -2.17. The highest BCUT2D eigenvalue weighted by molar-refractivity contribution is 8.39. The first kappa shape index (κ1) is 20.0. The van der Waals surface area contributed by atoms with Crippen LogP contribution in [0.15, 0.2) is 65.7 Å². The van der Waals surface area contributed by atoms with Crippen molar-refractivity contribution in [2.75, 3.05) is 0 Å². The number of hydrogen-bond donors (Lipinski definition) is 1. The predicted molar refractivity (Wildman–Crippen MR) is 122 cm³/mol. The van der Waals surface area contributed by atoms with Crippen LogP contribution >= 0.6 is 23.5 Å². The minimum Gasteiger partial charge on any atom is -0.370 e. The van der Waals surface area contributed by atoms with Gasteiger partial charge in [0.25, 0.3) is 0 Å². The van der Waals surface area contributed by atoms with Crippen LogP contribution in [0.2, 0.25) is 0 Å². The van der Waals surface area contributed by atoms with Gasteiger partial charge in [-0.1, -0.05) is 84.2 Å². The molecular weight excluding hydrogens is 400 g/mol. The lowest BCUT2D eigenvalue weighted by molar-refractivity contribution is -0.118. The Balaban J connectivity index is 1.60. The van der Waals surface area contributed by atoms with E-state index in [1.54, 1.807) is 11.8 Å². The minimum absolute atomic E-state index is 0.00736. The number of carbonyl (C=O) groups is 2. The van der Waals surface area contributed by atoms with E-state index in [1.165, 1.54) is 17.3 Å². The molecule has 0 aromatic heterocycles. The van der Waals surface area contributed by atoms with E-state index >= 15 is 0 Å². The molecule has 2 aromatic rings. The highest BCUT2D eigenvalue weighted by Crippen LogP contribution is 2.44. The molecular formula is C23H22N2O2S2. The normalized spacial score (nSPS) is 21.3. The molecule has 3 atom stereocenters. The van der Waals surface area contributed by atoms with Gasteiger partial charge in [0.2, 0.25) is 5.91 Å². The topological polar surface area (TPSA) is 72.5 Å². The van der Waals surface area contributed by atoms with Crippen LogP contribution < -0.4 is 5.73 Å². The number of ketones is 1. The number of Topliss-reactive ketones (excluding diaryl/α,β-unsaturated/α-hetero) is 1. The Kier molecular flexibility index (Phi) is 5.92. The zero-order valence-corrected chi connectivity index (χ0v) is 17.7. The van der Waals surface area contributed by atoms with Gasteiger partial charge in [0.1, 0.15) is 4.38 Å². The molecule has 2 aromatic carbocycles. The Bertz CT molecular complexity index is 1000. The van der Waals surface area contributed by atoms with E-state index < -0.39 is 0 Å². The molecule has 2 N–H and O–H groups in total. The van der Waals surface area contributed by atoms with Crippen LogP contribution in [0.4, 0.5) is 0 Å². The molecule has 4 nitrogen and oxygen atoms in total. The number of nitrogens with two attached hydrogens (primary N) is 1. The van der Waals surface area contributed by atoms with Gasteiger partial charge in [-0.2, -0.15) is 0 Å². The van der Waals surface area contributed by atoms with Gasteiger partial charge in [0.05, 0.1) is 11.3 Å². The summed E-state index contributed by atoms with van der Waals surface area (Å²) in [7, 11) is 0. The maximum atomic E-state index is 13.6. The molecule has 0 spiro atoms. The SMILES string of the molecule is CC1N=C(SC(C(=O)C2=CCc3ccccc32)c2ccccc2)SC1CC(N)=O. The van der Waals surface area contributed by atoms with E-state index in [0.717, 1.165) is 27.5 Å². The lowest BCUT2D eigenvalue weighted by Crippen LogP contribution is -2.22. The Morgan fingerprint density at radius 2 is 1.90 bits per heavy atom. The summed E-state index contributed by atoms with van der Waals surface area (Å²) in [5.41, 5.74) is 9.34. The van der Waals surface area contributed by atoms with Gasteiger partial charge in [-0.25, -0.2) is 0 Å². The summed E-state index contributed by atoms with van der Waals surface area (Å²) in [6.45, 7) is 1.99. The van der Waals surface area contributed by atoms with Gasteiger partial charge in [0, 0.05) is 17.2 Å². The molecule has 148 valence electrons. The maximum Gasteiger partial charge on any atom is 0.218 e. The number of primary amides is 1. The Labute approximate surface area is 179 Å². The number of hydrogen-bond acceptors (Lipinski definition) is 5. The lowest BCUT2D eigenvalue weighted by atomic mass is 9.98. The van der Waals surface area contributed by atoms with Crippen molar-refractivity contribution < 1.29 is 9.59 Å².